The number of carboxylic acid groups (broad SMARTS) is 1. The van der Waals surface area contributed by atoms with Crippen molar-refractivity contribution in [3.63, 3.8) is 0 Å². The number of piperazine rings is 1. The summed E-state index contributed by atoms with van der Waals surface area (Å²) >= 11 is 0. The maximum absolute atomic E-state index is 14.6. The molecule has 1 aromatic carbocycles. The van der Waals surface area contributed by atoms with Gasteiger partial charge in [-0.2, -0.15) is 13.2 Å². The number of cyclic esters (lactones) is 1. The Bertz CT molecular complexity index is 851. The van der Waals surface area contributed by atoms with Crippen molar-refractivity contribution in [3.05, 3.63) is 24.0 Å². The van der Waals surface area contributed by atoms with Crippen LogP contribution in [0.2, 0.25) is 0 Å². The Morgan fingerprint density at radius 1 is 1.31 bits per heavy atom. The van der Waals surface area contributed by atoms with E-state index in [1.165, 1.54) is 17.9 Å². The summed E-state index contributed by atoms with van der Waals surface area (Å²) in [6, 6.07) is 5.10. The molecule has 2 aliphatic rings. The van der Waals surface area contributed by atoms with Crippen LogP contribution in [0.25, 0.3) is 0 Å². The predicted octanol–water partition coefficient (Wildman–Crippen LogP) is 1.72. The van der Waals surface area contributed by atoms with Crippen molar-refractivity contribution in [2.24, 2.45) is 0 Å². The van der Waals surface area contributed by atoms with Gasteiger partial charge >= 0.3 is 18.2 Å². The molecule has 32 heavy (non-hydrogen) atoms. The van der Waals surface area contributed by atoms with Crippen molar-refractivity contribution >= 4 is 29.3 Å². The lowest BCUT2D eigenvalue weighted by atomic mass is 10.1. The fourth-order valence-electron chi connectivity index (χ4n) is 3.17. The highest BCUT2D eigenvalue weighted by Crippen LogP contribution is 2.28. The summed E-state index contributed by atoms with van der Waals surface area (Å²) in [4.78, 5) is 35.3. The minimum absolute atomic E-state index is 0.185. The number of hydrogen-bond acceptors (Lipinski definition) is 6. The van der Waals surface area contributed by atoms with Crippen LogP contribution >= 0.6 is 0 Å². The van der Waals surface area contributed by atoms with E-state index in [1.807, 2.05) is 4.90 Å². The lowest BCUT2D eigenvalue weighted by Crippen LogP contribution is -2.49. The normalized spacial score (nSPS) is 20.9. The minimum Gasteiger partial charge on any atom is -0.475 e. The molecule has 0 aromatic heterocycles. The molecule has 2 saturated heterocycles. The van der Waals surface area contributed by atoms with Crippen LogP contribution in [0.4, 0.5) is 33.7 Å². The predicted molar refractivity (Wildman–Crippen MR) is 106 cm³/mol. The van der Waals surface area contributed by atoms with Crippen LogP contribution in [0.3, 0.4) is 0 Å². The minimum atomic E-state index is -5.08. The van der Waals surface area contributed by atoms with Crippen molar-refractivity contribution < 1.29 is 41.8 Å². The number of amides is 2. The summed E-state index contributed by atoms with van der Waals surface area (Å²) in [6.45, 7) is 6.28. The summed E-state index contributed by atoms with van der Waals surface area (Å²) in [6.07, 6.45) is -6.05. The van der Waals surface area contributed by atoms with E-state index >= 15 is 0 Å². The van der Waals surface area contributed by atoms with E-state index in [1.54, 1.807) is 12.1 Å². The van der Waals surface area contributed by atoms with Gasteiger partial charge in [0.25, 0.3) is 0 Å². The summed E-state index contributed by atoms with van der Waals surface area (Å²) in [5.74, 6) is -3.30. The largest absolute Gasteiger partial charge is 0.490 e. The van der Waals surface area contributed by atoms with Crippen LogP contribution in [-0.4, -0.2) is 74.1 Å². The number of rotatable bonds is 4. The second kappa shape index (κ2) is 10.5. The molecule has 178 valence electrons. The van der Waals surface area contributed by atoms with Gasteiger partial charge in [-0.05, 0) is 25.1 Å². The van der Waals surface area contributed by atoms with Crippen LogP contribution in [0.5, 0.6) is 0 Å². The van der Waals surface area contributed by atoms with E-state index in [0.717, 1.165) is 19.6 Å². The summed E-state index contributed by atoms with van der Waals surface area (Å²) in [5, 5.41) is 13.1. The molecule has 0 saturated carbocycles. The maximum Gasteiger partial charge on any atom is 0.490 e. The number of hydrogen-bond donors (Lipinski definition) is 3. The summed E-state index contributed by atoms with van der Waals surface area (Å²) in [5.41, 5.74) is 0.999. The molecule has 2 atom stereocenters. The number of halogens is 4. The van der Waals surface area contributed by atoms with Crippen molar-refractivity contribution in [3.8, 4) is 0 Å². The van der Waals surface area contributed by atoms with Gasteiger partial charge in [0.1, 0.15) is 11.9 Å². The summed E-state index contributed by atoms with van der Waals surface area (Å²) in [7, 11) is 0. The monoisotopic (exact) mass is 464 g/mol. The zero-order valence-corrected chi connectivity index (χ0v) is 17.4. The van der Waals surface area contributed by atoms with Gasteiger partial charge in [-0.25, -0.2) is 14.0 Å². The number of nitrogens with one attached hydrogen (secondary N) is 2. The molecule has 13 heteroatoms. The number of carbonyl (C=O) groups excluding carboxylic acids is 2. The van der Waals surface area contributed by atoms with Gasteiger partial charge in [0, 0.05) is 32.6 Å². The van der Waals surface area contributed by atoms with E-state index in [4.69, 9.17) is 14.6 Å². The first-order chi connectivity index (χ1) is 14.9. The second-order valence-electron chi connectivity index (χ2n) is 7.29. The molecular formula is C19H24F4N4O5. The van der Waals surface area contributed by atoms with Gasteiger partial charge in [-0.15, -0.1) is 0 Å². The third-order valence-corrected chi connectivity index (χ3v) is 4.65. The zero-order chi connectivity index (χ0) is 24.1. The van der Waals surface area contributed by atoms with E-state index in [0.29, 0.717) is 17.4 Å². The average Bonchev–Trinajstić information content (AvgIpc) is 3.06. The van der Waals surface area contributed by atoms with Crippen LogP contribution in [-0.2, 0) is 14.3 Å². The van der Waals surface area contributed by atoms with Gasteiger partial charge < -0.3 is 25.4 Å². The number of anilines is 2. The molecule has 2 heterocycles. The van der Waals surface area contributed by atoms with Crippen LogP contribution < -0.4 is 20.4 Å². The van der Waals surface area contributed by atoms with Crippen molar-refractivity contribution in [2.45, 2.75) is 32.2 Å². The number of carboxylic acids is 1. The van der Waals surface area contributed by atoms with Gasteiger partial charge in [0.2, 0.25) is 5.91 Å². The van der Waals surface area contributed by atoms with Crippen molar-refractivity contribution in [1.29, 1.82) is 0 Å². The van der Waals surface area contributed by atoms with E-state index < -0.39 is 24.3 Å². The topological polar surface area (TPSA) is 111 Å². The molecule has 3 rings (SSSR count). The molecule has 0 radical (unpaired) electrons. The van der Waals surface area contributed by atoms with E-state index in [9.17, 15) is 27.2 Å². The van der Waals surface area contributed by atoms with E-state index in [-0.39, 0.29) is 24.8 Å². The van der Waals surface area contributed by atoms with Crippen molar-refractivity contribution in [2.75, 3.05) is 42.5 Å². The van der Waals surface area contributed by atoms with E-state index in [2.05, 4.69) is 17.6 Å². The number of ether oxygens (including phenoxy) is 1. The third kappa shape index (κ3) is 6.97. The molecule has 3 N–H and O–H groups in total. The standard InChI is InChI=1S/C17H23FN4O3.C2HF3O2/c1-11-9-21(6-5-19-11)16-4-3-13(7-15(16)18)22-10-14(25-17(22)24)8-20-12(2)23;3-2(4,5)1(6)7/h3-4,7,11,14,19H,5-6,8-10H2,1-2H3,(H,20,23);(H,6,7)/t11?,14-;/m0./s1. The molecule has 0 bridgehead atoms. The Morgan fingerprint density at radius 3 is 2.50 bits per heavy atom. The Balaban J connectivity index is 0.000000451. The van der Waals surface area contributed by atoms with Crippen LogP contribution in [0.1, 0.15) is 13.8 Å². The molecule has 1 aromatic rings. The fourth-order valence-corrected chi connectivity index (χ4v) is 3.17. The smallest absolute Gasteiger partial charge is 0.475 e. The first-order valence-corrected chi connectivity index (χ1v) is 9.69. The molecule has 9 nitrogen and oxygen atoms in total. The molecule has 0 spiro atoms. The number of carbonyl (C=O) groups is 3. The highest BCUT2D eigenvalue weighted by atomic mass is 19.4. The maximum atomic E-state index is 14.6. The molecule has 2 aliphatic heterocycles. The quantitative estimate of drug-likeness (QED) is 0.582. The lowest BCUT2D eigenvalue weighted by Gasteiger charge is -2.34. The van der Waals surface area contributed by atoms with Gasteiger partial charge in [-0.3, -0.25) is 9.69 Å². The number of benzene rings is 1. The molecule has 2 amide bonds. The fraction of sp³-hybridized carbons (Fsp3) is 0.526. The highest BCUT2D eigenvalue weighted by molar-refractivity contribution is 5.90. The van der Waals surface area contributed by atoms with Gasteiger partial charge in [-0.1, -0.05) is 0 Å². The average molecular weight is 464 g/mol. The zero-order valence-electron chi connectivity index (χ0n) is 17.4. The molecule has 1 unspecified atom stereocenters. The van der Waals surface area contributed by atoms with Crippen LogP contribution in [0, 0.1) is 5.82 Å². The molecule has 0 aliphatic carbocycles. The van der Waals surface area contributed by atoms with Gasteiger partial charge in [0.05, 0.1) is 24.5 Å². The first kappa shape index (κ1) is 25.2. The van der Waals surface area contributed by atoms with Crippen LogP contribution in [0.15, 0.2) is 18.2 Å². The highest BCUT2D eigenvalue weighted by Gasteiger charge is 2.38. The summed E-state index contributed by atoms with van der Waals surface area (Å²) < 4.78 is 51.5. The Kier molecular flexibility index (Phi) is 8.25. The Morgan fingerprint density at radius 2 is 1.97 bits per heavy atom. The molecular weight excluding hydrogens is 440 g/mol. The third-order valence-electron chi connectivity index (χ3n) is 4.65. The molecule has 2 fully saturated rings. The second-order valence-corrected chi connectivity index (χ2v) is 7.29. The number of alkyl halides is 3. The number of aliphatic carboxylic acids is 1. The lowest BCUT2D eigenvalue weighted by molar-refractivity contribution is -0.192. The first-order valence-electron chi connectivity index (χ1n) is 9.69. The SMILES string of the molecule is CC(=O)NC[C@H]1CN(c2ccc(N3CCNC(C)C3)c(F)c2)C(=O)O1.O=C(O)C(F)(F)F. The Hall–Kier alpha value is -3.09. The van der Waals surface area contributed by atoms with Gasteiger partial charge in [0.15, 0.2) is 0 Å². The Labute approximate surface area is 181 Å². The number of nitrogens with zero attached hydrogens (tertiary/aromatic N) is 2. The van der Waals surface area contributed by atoms with Crippen molar-refractivity contribution in [1.82, 2.24) is 10.6 Å².